The first-order chi connectivity index (χ1) is 7.34. The van der Waals surface area contributed by atoms with Gasteiger partial charge in [0.1, 0.15) is 5.02 Å². The molecule has 8 heteroatoms. The Morgan fingerprint density at radius 3 is 2.38 bits per heavy atom. The van der Waals surface area contributed by atoms with Crippen LogP contribution in [0.3, 0.4) is 0 Å². The molecule has 0 heterocycles. The third-order valence-electron chi connectivity index (χ3n) is 1.79. The van der Waals surface area contributed by atoms with Crippen molar-refractivity contribution >= 4 is 34.9 Å². The lowest BCUT2D eigenvalue weighted by atomic mass is 10.1. The predicted octanol–water partition coefficient (Wildman–Crippen LogP) is 2.02. The Labute approximate surface area is 99.2 Å². The number of aliphatic hydroxyl groups is 1. The molecule has 6 nitrogen and oxygen atoms in total. The van der Waals surface area contributed by atoms with Crippen LogP contribution in [0.4, 0.5) is 5.69 Å². The Morgan fingerprint density at radius 2 is 1.94 bits per heavy atom. The van der Waals surface area contributed by atoms with E-state index in [2.05, 4.69) is 0 Å². The highest BCUT2D eigenvalue weighted by Gasteiger charge is 2.23. The van der Waals surface area contributed by atoms with Crippen LogP contribution in [0.1, 0.15) is 11.7 Å². The van der Waals surface area contributed by atoms with Crippen LogP contribution in [-0.4, -0.2) is 21.1 Å². The van der Waals surface area contributed by atoms with Gasteiger partial charge in [0.25, 0.3) is 5.69 Å². The molecule has 0 saturated carbocycles. The van der Waals surface area contributed by atoms with Crippen LogP contribution < -0.4 is 0 Å². The molecule has 2 N–H and O–H groups in total. The summed E-state index contributed by atoms with van der Waals surface area (Å²) in [6.07, 6.45) is -1.87. The quantitative estimate of drug-likeness (QED) is 0.643. The van der Waals surface area contributed by atoms with E-state index in [1.165, 1.54) is 0 Å². The SMILES string of the molecule is O=C(O)C(O)c1cc(Cl)c([N+](=O)[O-])cc1Cl. The van der Waals surface area contributed by atoms with E-state index in [4.69, 9.17) is 28.3 Å². The summed E-state index contributed by atoms with van der Waals surface area (Å²) >= 11 is 11.1. The number of halogens is 2. The van der Waals surface area contributed by atoms with Gasteiger partial charge in [0.05, 0.1) is 9.95 Å². The molecule has 16 heavy (non-hydrogen) atoms. The largest absolute Gasteiger partial charge is 0.479 e. The zero-order valence-corrected chi connectivity index (χ0v) is 9.07. The van der Waals surface area contributed by atoms with Crippen molar-refractivity contribution < 1.29 is 19.9 Å². The van der Waals surface area contributed by atoms with E-state index in [0.29, 0.717) is 0 Å². The monoisotopic (exact) mass is 265 g/mol. The number of rotatable bonds is 3. The number of carbonyl (C=O) groups is 1. The average Bonchev–Trinajstić information content (AvgIpc) is 2.19. The van der Waals surface area contributed by atoms with Gasteiger partial charge in [-0.3, -0.25) is 10.1 Å². The molecule has 1 aromatic rings. The van der Waals surface area contributed by atoms with Gasteiger partial charge in [-0.05, 0) is 6.07 Å². The first-order valence-corrected chi connectivity index (χ1v) is 4.64. The molecule has 1 aromatic carbocycles. The number of nitro groups is 1. The van der Waals surface area contributed by atoms with Gasteiger partial charge in [-0.2, -0.15) is 0 Å². The van der Waals surface area contributed by atoms with Gasteiger partial charge in [0.15, 0.2) is 6.10 Å². The molecule has 0 aliphatic rings. The number of nitrogens with zero attached hydrogens (tertiary/aromatic N) is 1. The maximum Gasteiger partial charge on any atom is 0.337 e. The summed E-state index contributed by atoms with van der Waals surface area (Å²) in [6, 6.07) is 1.85. The Bertz CT molecular complexity index is 462. The molecule has 1 unspecified atom stereocenters. The lowest BCUT2D eigenvalue weighted by Gasteiger charge is -2.08. The van der Waals surface area contributed by atoms with E-state index in [0.717, 1.165) is 12.1 Å². The molecule has 86 valence electrons. The van der Waals surface area contributed by atoms with Gasteiger partial charge in [0, 0.05) is 11.6 Å². The number of carboxylic acid groups (broad SMARTS) is 1. The standard InChI is InChI=1S/C8H5Cl2NO5/c9-4-2-6(11(15)16)5(10)1-3(4)7(12)8(13)14/h1-2,7,12H,(H,13,14). The predicted molar refractivity (Wildman–Crippen MR) is 55.7 cm³/mol. The molecule has 0 amide bonds. The second-order valence-electron chi connectivity index (χ2n) is 2.82. The van der Waals surface area contributed by atoms with E-state index < -0.39 is 22.7 Å². The number of aliphatic carboxylic acids is 1. The minimum Gasteiger partial charge on any atom is -0.479 e. The number of hydrogen-bond acceptors (Lipinski definition) is 4. The summed E-state index contributed by atoms with van der Waals surface area (Å²) in [4.78, 5) is 20.2. The van der Waals surface area contributed by atoms with Crippen LogP contribution in [0.15, 0.2) is 12.1 Å². The number of benzene rings is 1. The Hall–Kier alpha value is -1.37. The molecule has 1 rings (SSSR count). The molecule has 0 aliphatic carbocycles. The molecular formula is C8H5Cl2NO5. The van der Waals surface area contributed by atoms with Crippen molar-refractivity contribution in [2.24, 2.45) is 0 Å². The van der Waals surface area contributed by atoms with Gasteiger partial charge in [-0.15, -0.1) is 0 Å². The topological polar surface area (TPSA) is 101 Å². The average molecular weight is 266 g/mol. The first kappa shape index (κ1) is 12.7. The number of carboxylic acids is 1. The number of aliphatic hydroxyl groups excluding tert-OH is 1. The zero-order valence-electron chi connectivity index (χ0n) is 7.55. The Morgan fingerprint density at radius 1 is 1.38 bits per heavy atom. The lowest BCUT2D eigenvalue weighted by molar-refractivity contribution is -0.384. The van der Waals surface area contributed by atoms with Crippen LogP contribution in [0.25, 0.3) is 0 Å². The van der Waals surface area contributed by atoms with E-state index in [1.54, 1.807) is 0 Å². The fourth-order valence-electron chi connectivity index (χ4n) is 1.03. The molecule has 0 saturated heterocycles. The highest BCUT2D eigenvalue weighted by molar-refractivity contribution is 6.35. The summed E-state index contributed by atoms with van der Waals surface area (Å²) in [6.45, 7) is 0. The number of nitro benzene ring substituents is 1. The highest BCUT2D eigenvalue weighted by Crippen LogP contribution is 2.33. The maximum atomic E-state index is 10.5. The summed E-state index contributed by atoms with van der Waals surface area (Å²) < 4.78 is 0. The zero-order chi connectivity index (χ0) is 12.5. The molecule has 0 radical (unpaired) electrons. The second kappa shape index (κ2) is 4.65. The van der Waals surface area contributed by atoms with Crippen LogP contribution in [-0.2, 0) is 4.79 Å². The van der Waals surface area contributed by atoms with Crippen molar-refractivity contribution in [1.82, 2.24) is 0 Å². The summed E-state index contributed by atoms with van der Waals surface area (Å²) in [7, 11) is 0. The van der Waals surface area contributed by atoms with Gasteiger partial charge >= 0.3 is 5.97 Å². The Kier molecular flexibility index (Phi) is 3.69. The van der Waals surface area contributed by atoms with Gasteiger partial charge in [-0.25, -0.2) is 4.79 Å². The number of hydrogen-bond donors (Lipinski definition) is 2. The molecule has 0 spiro atoms. The fraction of sp³-hybridized carbons (Fsp3) is 0.125. The molecular weight excluding hydrogens is 261 g/mol. The minimum absolute atomic E-state index is 0.190. The van der Waals surface area contributed by atoms with E-state index in [-0.39, 0.29) is 15.6 Å². The van der Waals surface area contributed by atoms with Gasteiger partial charge in [0.2, 0.25) is 0 Å². The third kappa shape index (κ3) is 2.41. The highest BCUT2D eigenvalue weighted by atomic mass is 35.5. The van der Waals surface area contributed by atoms with Crippen LogP contribution in [0.2, 0.25) is 10.0 Å². The third-order valence-corrected chi connectivity index (χ3v) is 2.42. The normalized spacial score (nSPS) is 12.2. The van der Waals surface area contributed by atoms with E-state index in [9.17, 15) is 20.0 Å². The first-order valence-electron chi connectivity index (χ1n) is 3.88. The molecule has 0 aliphatic heterocycles. The summed E-state index contributed by atoms with van der Waals surface area (Å²) in [5, 5.41) is 27.7. The van der Waals surface area contributed by atoms with Gasteiger partial charge in [-0.1, -0.05) is 23.2 Å². The summed E-state index contributed by atoms with van der Waals surface area (Å²) in [5.41, 5.74) is -0.641. The molecule has 0 fully saturated rings. The maximum absolute atomic E-state index is 10.5. The van der Waals surface area contributed by atoms with Crippen molar-refractivity contribution in [1.29, 1.82) is 0 Å². The summed E-state index contributed by atoms with van der Waals surface area (Å²) in [5.74, 6) is -1.52. The molecule has 0 aromatic heterocycles. The Balaban J connectivity index is 3.31. The van der Waals surface area contributed by atoms with Crippen LogP contribution >= 0.6 is 23.2 Å². The van der Waals surface area contributed by atoms with Gasteiger partial charge < -0.3 is 10.2 Å². The van der Waals surface area contributed by atoms with Crippen LogP contribution in [0, 0.1) is 10.1 Å². The van der Waals surface area contributed by atoms with Crippen molar-refractivity contribution in [2.75, 3.05) is 0 Å². The second-order valence-corrected chi connectivity index (χ2v) is 3.64. The fourth-order valence-corrected chi connectivity index (χ4v) is 1.54. The molecule has 0 bridgehead atoms. The minimum atomic E-state index is -1.87. The van der Waals surface area contributed by atoms with Crippen molar-refractivity contribution in [3.63, 3.8) is 0 Å². The lowest BCUT2D eigenvalue weighted by Crippen LogP contribution is -2.11. The van der Waals surface area contributed by atoms with Crippen molar-refractivity contribution in [3.05, 3.63) is 37.9 Å². The van der Waals surface area contributed by atoms with E-state index in [1.807, 2.05) is 0 Å². The van der Waals surface area contributed by atoms with E-state index >= 15 is 0 Å². The van der Waals surface area contributed by atoms with Crippen molar-refractivity contribution in [2.45, 2.75) is 6.10 Å². The smallest absolute Gasteiger partial charge is 0.337 e. The van der Waals surface area contributed by atoms with Crippen LogP contribution in [0.5, 0.6) is 0 Å². The molecule has 1 atom stereocenters. The van der Waals surface area contributed by atoms with Crippen molar-refractivity contribution in [3.8, 4) is 0 Å².